The van der Waals surface area contributed by atoms with Crippen LogP contribution in [0.2, 0.25) is 5.15 Å². The van der Waals surface area contributed by atoms with E-state index in [1.165, 1.54) is 0 Å². The Labute approximate surface area is 177 Å². The van der Waals surface area contributed by atoms with E-state index >= 15 is 0 Å². The number of benzene rings is 1. The Morgan fingerprint density at radius 1 is 1.17 bits per heavy atom. The quantitative estimate of drug-likeness (QED) is 0.477. The minimum Gasteiger partial charge on any atom is -0.384 e. The van der Waals surface area contributed by atoms with Crippen LogP contribution in [-0.2, 0) is 6.42 Å². The lowest BCUT2D eigenvalue weighted by molar-refractivity contribution is 0.308. The summed E-state index contributed by atoms with van der Waals surface area (Å²) in [6.45, 7) is 14.6. The molecule has 7 heteroatoms. The summed E-state index contributed by atoms with van der Waals surface area (Å²) in [6.07, 6.45) is 2.69. The lowest BCUT2D eigenvalue weighted by Gasteiger charge is -2.19. The van der Waals surface area contributed by atoms with Crippen LogP contribution in [-0.4, -0.2) is 45.7 Å². The summed E-state index contributed by atoms with van der Waals surface area (Å²) in [5.41, 5.74) is 4.79. The van der Waals surface area contributed by atoms with E-state index in [1.54, 1.807) is 10.6 Å². The van der Waals surface area contributed by atoms with Gasteiger partial charge in [-0.05, 0) is 37.2 Å². The minimum atomic E-state index is 0.442. The number of nitrogens with zero attached hydrogens (tertiary/aromatic N) is 4. The van der Waals surface area contributed by atoms with Crippen LogP contribution in [0.1, 0.15) is 31.9 Å². The molecule has 3 rings (SSSR count). The van der Waals surface area contributed by atoms with E-state index < -0.39 is 0 Å². The van der Waals surface area contributed by atoms with Crippen molar-refractivity contribution in [3.05, 3.63) is 59.4 Å². The van der Waals surface area contributed by atoms with Gasteiger partial charge in [-0.25, -0.2) is 4.98 Å². The molecule has 2 N–H and O–H groups in total. The number of hydrogen-bond donors (Lipinski definition) is 2. The molecular weight excluding hydrogens is 384 g/mol. The predicted molar refractivity (Wildman–Crippen MR) is 122 cm³/mol. The molecule has 0 unspecified atom stereocenters. The summed E-state index contributed by atoms with van der Waals surface area (Å²) in [5, 5.41) is 11.7. The van der Waals surface area contributed by atoms with Gasteiger partial charge >= 0.3 is 0 Å². The van der Waals surface area contributed by atoms with Gasteiger partial charge in [0.05, 0.1) is 6.20 Å². The van der Waals surface area contributed by atoms with Gasteiger partial charge in [-0.15, -0.1) is 0 Å². The molecule has 0 radical (unpaired) electrons. The molecule has 2 heterocycles. The summed E-state index contributed by atoms with van der Waals surface area (Å²) in [4.78, 5) is 6.78. The van der Waals surface area contributed by atoms with Gasteiger partial charge in [0, 0.05) is 36.1 Å². The Morgan fingerprint density at radius 3 is 2.55 bits per heavy atom. The summed E-state index contributed by atoms with van der Waals surface area (Å²) in [6, 6.07) is 9.93. The number of hydrogen-bond acceptors (Lipinski definition) is 5. The first kappa shape index (κ1) is 21.1. The van der Waals surface area contributed by atoms with E-state index in [9.17, 15) is 0 Å². The summed E-state index contributed by atoms with van der Waals surface area (Å²) < 4.78 is 1.78. The van der Waals surface area contributed by atoms with Crippen LogP contribution in [0.4, 0.5) is 11.5 Å². The van der Waals surface area contributed by atoms with E-state index in [0.717, 1.165) is 66.6 Å². The zero-order chi connectivity index (χ0) is 20.8. The van der Waals surface area contributed by atoms with E-state index in [0.29, 0.717) is 5.15 Å². The van der Waals surface area contributed by atoms with Crippen molar-refractivity contribution in [2.45, 2.75) is 27.2 Å². The van der Waals surface area contributed by atoms with Crippen LogP contribution in [0.15, 0.2) is 43.1 Å². The highest BCUT2D eigenvalue weighted by Crippen LogP contribution is 2.23. The van der Waals surface area contributed by atoms with Gasteiger partial charge in [0.25, 0.3) is 0 Å². The highest BCUT2D eigenvalue weighted by atomic mass is 35.5. The zero-order valence-electron chi connectivity index (χ0n) is 17.4. The smallest absolute Gasteiger partial charge is 0.162 e. The fraction of sp³-hybridized carbons (Fsp3) is 0.364. The Hall–Kier alpha value is -2.57. The number of aryl methyl sites for hydroxylation is 1. The maximum absolute atomic E-state index is 6.22. The molecule has 0 amide bonds. The first-order chi connectivity index (χ1) is 14.0. The van der Waals surface area contributed by atoms with Gasteiger partial charge < -0.3 is 15.5 Å². The average Bonchev–Trinajstić information content (AvgIpc) is 3.14. The first-order valence-corrected chi connectivity index (χ1v) is 10.5. The van der Waals surface area contributed by atoms with Crippen LogP contribution in [0.25, 0.3) is 11.3 Å². The molecule has 0 spiro atoms. The predicted octanol–water partition coefficient (Wildman–Crippen LogP) is 4.59. The van der Waals surface area contributed by atoms with Crippen LogP contribution in [0.3, 0.4) is 0 Å². The zero-order valence-corrected chi connectivity index (χ0v) is 18.1. The third-order valence-electron chi connectivity index (χ3n) is 5.06. The molecule has 154 valence electrons. The lowest BCUT2D eigenvalue weighted by atomic mass is 10.1. The highest BCUT2D eigenvalue weighted by Gasteiger charge is 2.10. The molecule has 6 nitrogen and oxygen atoms in total. The molecule has 0 atom stereocenters. The van der Waals surface area contributed by atoms with Crippen molar-refractivity contribution >= 4 is 34.5 Å². The third kappa shape index (κ3) is 5.08. The molecule has 0 saturated carbocycles. The van der Waals surface area contributed by atoms with E-state index in [-0.39, 0.29) is 0 Å². The van der Waals surface area contributed by atoms with E-state index in [1.807, 2.05) is 18.3 Å². The molecule has 0 aliphatic heterocycles. The van der Waals surface area contributed by atoms with Crippen LogP contribution < -0.4 is 10.6 Å². The molecule has 29 heavy (non-hydrogen) atoms. The van der Waals surface area contributed by atoms with E-state index in [4.69, 9.17) is 11.6 Å². The Bertz CT molecular complexity index is 959. The maximum Gasteiger partial charge on any atom is 0.162 e. The first-order valence-electron chi connectivity index (χ1n) is 10.1. The Balaban J connectivity index is 1.67. The number of likely N-dealkylation sites (N-methyl/N-ethyl adjacent to an activating group) is 1. The molecular formula is C22H29ClN6. The van der Waals surface area contributed by atoms with Crippen molar-refractivity contribution in [1.82, 2.24) is 24.8 Å². The maximum atomic E-state index is 6.22. The number of halogens is 1. The third-order valence-corrected chi connectivity index (χ3v) is 5.25. The van der Waals surface area contributed by atoms with Gasteiger partial charge in [0.15, 0.2) is 5.65 Å². The Morgan fingerprint density at radius 2 is 1.90 bits per heavy atom. The van der Waals surface area contributed by atoms with Crippen LogP contribution in [0.5, 0.6) is 0 Å². The number of aromatic nitrogens is 3. The highest BCUT2D eigenvalue weighted by molar-refractivity contribution is 6.29. The largest absolute Gasteiger partial charge is 0.384 e. The molecule has 1 aromatic carbocycles. The molecule has 2 aromatic heterocycles. The normalized spacial score (nSPS) is 11.2. The molecule has 0 aliphatic carbocycles. The number of rotatable bonds is 10. The monoisotopic (exact) mass is 412 g/mol. The Kier molecular flexibility index (Phi) is 7.12. The summed E-state index contributed by atoms with van der Waals surface area (Å²) in [7, 11) is 0. The van der Waals surface area contributed by atoms with Gasteiger partial charge in [-0.2, -0.15) is 9.61 Å². The number of anilines is 2. The summed E-state index contributed by atoms with van der Waals surface area (Å²) >= 11 is 6.22. The van der Waals surface area contributed by atoms with Crippen molar-refractivity contribution in [2.24, 2.45) is 0 Å². The second-order valence-electron chi connectivity index (χ2n) is 6.86. The van der Waals surface area contributed by atoms with Crippen molar-refractivity contribution in [3.8, 4) is 0 Å². The van der Waals surface area contributed by atoms with Crippen molar-refractivity contribution in [3.63, 3.8) is 0 Å². The molecule has 0 aliphatic rings. The van der Waals surface area contributed by atoms with E-state index in [2.05, 4.69) is 65.1 Å². The number of fused-ring (bicyclic) bond motifs is 1. The molecule has 3 aromatic rings. The average molecular weight is 413 g/mol. The lowest BCUT2D eigenvalue weighted by Crippen LogP contribution is -2.31. The molecule has 0 bridgehead atoms. The number of nitrogens with one attached hydrogen (secondary N) is 2. The second kappa shape index (κ2) is 9.76. The standard InChI is InChI=1S/C22H29ClN6/c1-5-17-15-25-29-21(14-20(23)27-22(17)29)26-19-10-8-18(9-11-19)16(4)24-12-13-28(6-2)7-3/h8-11,14-15,24,26H,4-7,12-13H2,1-3H3. The van der Waals surface area contributed by atoms with Crippen LogP contribution >= 0.6 is 11.6 Å². The SMILES string of the molecule is C=C(NCCN(CC)CC)c1ccc(Nc2cc(Cl)nc3c(CC)cnn23)cc1. The fourth-order valence-corrected chi connectivity index (χ4v) is 3.41. The van der Waals surface area contributed by atoms with Gasteiger partial charge in [0.2, 0.25) is 0 Å². The van der Waals surface area contributed by atoms with Crippen molar-refractivity contribution in [1.29, 1.82) is 0 Å². The minimum absolute atomic E-state index is 0.442. The molecule has 0 fully saturated rings. The van der Waals surface area contributed by atoms with Crippen molar-refractivity contribution in [2.75, 3.05) is 31.5 Å². The van der Waals surface area contributed by atoms with Gasteiger partial charge in [-0.3, -0.25) is 0 Å². The summed E-state index contributed by atoms with van der Waals surface area (Å²) in [5.74, 6) is 0.781. The van der Waals surface area contributed by atoms with Gasteiger partial charge in [-0.1, -0.05) is 51.1 Å². The van der Waals surface area contributed by atoms with Crippen molar-refractivity contribution < 1.29 is 0 Å². The topological polar surface area (TPSA) is 57.5 Å². The van der Waals surface area contributed by atoms with Gasteiger partial charge in [0.1, 0.15) is 11.0 Å². The van der Waals surface area contributed by atoms with Crippen LogP contribution in [0, 0.1) is 0 Å². The fourth-order valence-electron chi connectivity index (χ4n) is 3.23. The second-order valence-corrected chi connectivity index (χ2v) is 7.24. The molecule has 0 saturated heterocycles.